The molecule has 0 aromatic carbocycles. The molecule has 4 nitrogen and oxygen atoms in total. The Bertz CT molecular complexity index is 398. The van der Waals surface area contributed by atoms with Crippen LogP contribution in [0.1, 0.15) is 48.2 Å². The third-order valence-electron chi connectivity index (χ3n) is 2.94. The van der Waals surface area contributed by atoms with Gasteiger partial charge in [0.15, 0.2) is 12.1 Å². The molecule has 2 heterocycles. The van der Waals surface area contributed by atoms with E-state index in [1.165, 1.54) is 0 Å². The Balaban J connectivity index is 2.37. The van der Waals surface area contributed by atoms with Crippen LogP contribution >= 0.6 is 0 Å². The number of rotatable bonds is 2. The van der Waals surface area contributed by atoms with E-state index in [1.54, 1.807) is 6.07 Å². The van der Waals surface area contributed by atoms with Crippen LogP contribution in [0.3, 0.4) is 0 Å². The number of aromatic nitrogens is 2. The molecular weight excluding hydrogens is 204 g/mol. The highest BCUT2D eigenvalue weighted by Crippen LogP contribution is 2.32. The fraction of sp³-hybridized carbons (Fsp3) is 0.583. The van der Waals surface area contributed by atoms with Crippen molar-refractivity contribution in [3.63, 3.8) is 0 Å². The molecular formula is C12H16N2O2. The van der Waals surface area contributed by atoms with Crippen molar-refractivity contribution >= 4 is 6.29 Å². The second-order valence-corrected chi connectivity index (χ2v) is 4.41. The maximum atomic E-state index is 10.8. The standard InChI is InChI=1S/C12H16N2O2/c1-9-7-10(8-15)14-11(13-9)12(2)5-3-4-6-16-12/h7-8H,3-6H2,1-2H3. The minimum Gasteiger partial charge on any atom is -0.367 e. The Morgan fingerprint density at radius 1 is 1.44 bits per heavy atom. The van der Waals surface area contributed by atoms with E-state index >= 15 is 0 Å². The summed E-state index contributed by atoms with van der Waals surface area (Å²) in [5.74, 6) is 0.634. The number of carbonyl (C=O) groups excluding carboxylic acids is 1. The predicted molar refractivity (Wildman–Crippen MR) is 59.3 cm³/mol. The molecule has 2 rings (SSSR count). The predicted octanol–water partition coefficient (Wildman–Crippen LogP) is 2.01. The normalized spacial score (nSPS) is 25.4. The number of ether oxygens (including phenoxy) is 1. The van der Waals surface area contributed by atoms with Crippen molar-refractivity contribution in [2.45, 2.75) is 38.7 Å². The summed E-state index contributed by atoms with van der Waals surface area (Å²) < 4.78 is 5.77. The quantitative estimate of drug-likeness (QED) is 0.715. The summed E-state index contributed by atoms with van der Waals surface area (Å²) in [7, 11) is 0. The van der Waals surface area contributed by atoms with Crippen LogP contribution in [0.4, 0.5) is 0 Å². The molecule has 0 amide bonds. The van der Waals surface area contributed by atoms with Crippen molar-refractivity contribution in [1.82, 2.24) is 9.97 Å². The van der Waals surface area contributed by atoms with Gasteiger partial charge in [0.1, 0.15) is 11.3 Å². The van der Waals surface area contributed by atoms with Gasteiger partial charge in [0.25, 0.3) is 0 Å². The van der Waals surface area contributed by atoms with Crippen molar-refractivity contribution in [2.75, 3.05) is 6.61 Å². The van der Waals surface area contributed by atoms with Gasteiger partial charge in [0, 0.05) is 12.3 Å². The summed E-state index contributed by atoms with van der Waals surface area (Å²) in [6.07, 6.45) is 3.87. The topological polar surface area (TPSA) is 52.1 Å². The van der Waals surface area contributed by atoms with Gasteiger partial charge in [0.05, 0.1) is 0 Å². The van der Waals surface area contributed by atoms with E-state index in [9.17, 15) is 4.79 Å². The average Bonchev–Trinajstić information content (AvgIpc) is 2.29. The van der Waals surface area contributed by atoms with Crippen LogP contribution in [0.5, 0.6) is 0 Å². The van der Waals surface area contributed by atoms with Gasteiger partial charge in [-0.2, -0.15) is 0 Å². The van der Waals surface area contributed by atoms with Gasteiger partial charge in [0.2, 0.25) is 0 Å². The molecule has 0 N–H and O–H groups in total. The zero-order chi connectivity index (χ0) is 11.6. The second kappa shape index (κ2) is 4.29. The smallest absolute Gasteiger partial charge is 0.168 e. The number of hydrogen-bond acceptors (Lipinski definition) is 4. The third kappa shape index (κ3) is 2.11. The summed E-state index contributed by atoms with van der Waals surface area (Å²) in [4.78, 5) is 19.4. The van der Waals surface area contributed by atoms with E-state index < -0.39 is 5.60 Å². The van der Waals surface area contributed by atoms with E-state index in [4.69, 9.17) is 4.74 Å². The molecule has 0 bridgehead atoms. The average molecular weight is 220 g/mol. The Hall–Kier alpha value is -1.29. The van der Waals surface area contributed by atoms with Gasteiger partial charge in [-0.1, -0.05) is 0 Å². The lowest BCUT2D eigenvalue weighted by molar-refractivity contribution is -0.0761. The van der Waals surface area contributed by atoms with E-state index in [2.05, 4.69) is 9.97 Å². The van der Waals surface area contributed by atoms with Crippen molar-refractivity contribution in [1.29, 1.82) is 0 Å². The molecule has 16 heavy (non-hydrogen) atoms. The minimum atomic E-state index is -0.429. The molecule has 1 unspecified atom stereocenters. The van der Waals surface area contributed by atoms with Crippen LogP contribution in [0.2, 0.25) is 0 Å². The number of carbonyl (C=O) groups is 1. The van der Waals surface area contributed by atoms with Crippen LogP contribution in [0, 0.1) is 6.92 Å². The number of aldehydes is 1. The maximum Gasteiger partial charge on any atom is 0.168 e. The van der Waals surface area contributed by atoms with Crippen molar-refractivity contribution in [2.24, 2.45) is 0 Å². The van der Waals surface area contributed by atoms with Crippen molar-refractivity contribution in [3.8, 4) is 0 Å². The van der Waals surface area contributed by atoms with Gasteiger partial charge < -0.3 is 4.74 Å². The fourth-order valence-electron chi connectivity index (χ4n) is 2.00. The molecule has 0 aliphatic carbocycles. The fourth-order valence-corrected chi connectivity index (χ4v) is 2.00. The Morgan fingerprint density at radius 3 is 2.88 bits per heavy atom. The lowest BCUT2D eigenvalue weighted by Gasteiger charge is -2.32. The molecule has 1 atom stereocenters. The molecule has 1 aromatic rings. The first-order valence-electron chi connectivity index (χ1n) is 5.59. The summed E-state index contributed by atoms with van der Waals surface area (Å²) in [5, 5.41) is 0. The Morgan fingerprint density at radius 2 is 2.25 bits per heavy atom. The van der Waals surface area contributed by atoms with Gasteiger partial charge in [-0.15, -0.1) is 0 Å². The zero-order valence-corrected chi connectivity index (χ0v) is 9.69. The first-order chi connectivity index (χ1) is 7.64. The Labute approximate surface area is 95.1 Å². The van der Waals surface area contributed by atoms with Crippen LogP contribution < -0.4 is 0 Å². The van der Waals surface area contributed by atoms with E-state index in [-0.39, 0.29) is 0 Å². The van der Waals surface area contributed by atoms with Gasteiger partial charge >= 0.3 is 0 Å². The number of nitrogens with zero attached hydrogens (tertiary/aromatic N) is 2. The summed E-state index contributed by atoms with van der Waals surface area (Å²) >= 11 is 0. The summed E-state index contributed by atoms with van der Waals surface area (Å²) in [6.45, 7) is 4.60. The third-order valence-corrected chi connectivity index (χ3v) is 2.94. The molecule has 1 aromatic heterocycles. The highest BCUT2D eigenvalue weighted by Gasteiger charge is 2.33. The zero-order valence-electron chi connectivity index (χ0n) is 9.69. The van der Waals surface area contributed by atoms with E-state index in [0.29, 0.717) is 11.5 Å². The van der Waals surface area contributed by atoms with E-state index in [0.717, 1.165) is 37.8 Å². The number of hydrogen-bond donors (Lipinski definition) is 0. The SMILES string of the molecule is Cc1cc(C=O)nc(C2(C)CCCCO2)n1. The highest BCUT2D eigenvalue weighted by molar-refractivity contribution is 5.71. The van der Waals surface area contributed by atoms with Crippen LogP contribution in [0.25, 0.3) is 0 Å². The second-order valence-electron chi connectivity index (χ2n) is 4.41. The van der Waals surface area contributed by atoms with Gasteiger partial charge in [-0.05, 0) is 39.2 Å². The monoisotopic (exact) mass is 220 g/mol. The van der Waals surface area contributed by atoms with E-state index in [1.807, 2.05) is 13.8 Å². The van der Waals surface area contributed by atoms with Gasteiger partial charge in [-0.25, -0.2) is 9.97 Å². The summed E-state index contributed by atoms with van der Waals surface area (Å²) in [6, 6.07) is 1.68. The Kier molecular flexibility index (Phi) is 3.01. The molecule has 1 aliphatic rings. The molecule has 0 radical (unpaired) electrons. The molecule has 4 heteroatoms. The van der Waals surface area contributed by atoms with Crippen molar-refractivity contribution in [3.05, 3.63) is 23.3 Å². The molecule has 86 valence electrons. The molecule has 1 fully saturated rings. The lowest BCUT2D eigenvalue weighted by Crippen LogP contribution is -2.32. The number of aryl methyl sites for hydroxylation is 1. The minimum absolute atomic E-state index is 0.429. The van der Waals surface area contributed by atoms with Gasteiger partial charge in [-0.3, -0.25) is 4.79 Å². The summed E-state index contributed by atoms with van der Waals surface area (Å²) in [5.41, 5.74) is 0.808. The molecule has 0 saturated carbocycles. The molecule has 0 spiro atoms. The van der Waals surface area contributed by atoms with Crippen molar-refractivity contribution < 1.29 is 9.53 Å². The molecule has 1 saturated heterocycles. The largest absolute Gasteiger partial charge is 0.367 e. The first kappa shape index (κ1) is 11.2. The lowest BCUT2D eigenvalue weighted by atomic mass is 9.95. The maximum absolute atomic E-state index is 10.8. The van der Waals surface area contributed by atoms with Crippen LogP contribution in [-0.4, -0.2) is 22.9 Å². The van der Waals surface area contributed by atoms with Crippen LogP contribution in [0.15, 0.2) is 6.07 Å². The molecule has 1 aliphatic heterocycles. The van der Waals surface area contributed by atoms with Crippen LogP contribution in [-0.2, 0) is 10.3 Å². The first-order valence-corrected chi connectivity index (χ1v) is 5.59. The highest BCUT2D eigenvalue weighted by atomic mass is 16.5.